The number of benzene rings is 1. The van der Waals surface area contributed by atoms with E-state index in [9.17, 15) is 4.79 Å². The van der Waals surface area contributed by atoms with E-state index < -0.39 is 0 Å². The average Bonchev–Trinajstić information content (AvgIpc) is 2.38. The number of hydrogen-bond acceptors (Lipinski definition) is 4. The van der Waals surface area contributed by atoms with Gasteiger partial charge < -0.3 is 14.8 Å². The van der Waals surface area contributed by atoms with Crippen LogP contribution in [-0.2, 0) is 11.3 Å². The Kier molecular flexibility index (Phi) is 5.79. The molecule has 0 fully saturated rings. The van der Waals surface area contributed by atoms with Crippen molar-refractivity contribution in [2.75, 3.05) is 27.9 Å². The standard InChI is InChI=1S/C12H18N2O4/c1-16-10-5-4-9(8-11(10)17-2)6-7-13-12(15)14-18-3/h4-5,8H,6-7H2,1-3H3,(H2,13,14,15). The predicted molar refractivity (Wildman–Crippen MR) is 66.8 cm³/mol. The molecule has 0 aliphatic carbocycles. The summed E-state index contributed by atoms with van der Waals surface area (Å²) in [4.78, 5) is 15.5. The minimum Gasteiger partial charge on any atom is -0.493 e. The number of urea groups is 1. The highest BCUT2D eigenvalue weighted by molar-refractivity contribution is 5.72. The maximum atomic E-state index is 11.1. The van der Waals surface area contributed by atoms with Gasteiger partial charge in [-0.1, -0.05) is 6.07 Å². The number of nitrogens with one attached hydrogen (secondary N) is 2. The van der Waals surface area contributed by atoms with Crippen LogP contribution < -0.4 is 20.3 Å². The van der Waals surface area contributed by atoms with Gasteiger partial charge in [0.25, 0.3) is 0 Å². The van der Waals surface area contributed by atoms with Crippen LogP contribution in [0.25, 0.3) is 0 Å². The van der Waals surface area contributed by atoms with E-state index in [1.165, 1.54) is 7.11 Å². The fraction of sp³-hybridized carbons (Fsp3) is 0.417. The van der Waals surface area contributed by atoms with E-state index in [1.807, 2.05) is 18.2 Å². The summed E-state index contributed by atoms with van der Waals surface area (Å²) in [6, 6.07) is 5.29. The number of methoxy groups -OCH3 is 2. The van der Waals surface area contributed by atoms with Gasteiger partial charge in [0, 0.05) is 6.54 Å². The van der Waals surface area contributed by atoms with E-state index in [2.05, 4.69) is 15.6 Å². The number of ether oxygens (including phenoxy) is 2. The molecule has 18 heavy (non-hydrogen) atoms. The van der Waals surface area contributed by atoms with Gasteiger partial charge in [-0.2, -0.15) is 0 Å². The quantitative estimate of drug-likeness (QED) is 0.746. The van der Waals surface area contributed by atoms with Crippen molar-refractivity contribution in [2.24, 2.45) is 0 Å². The molecule has 100 valence electrons. The number of rotatable bonds is 6. The zero-order valence-corrected chi connectivity index (χ0v) is 10.8. The number of hydroxylamine groups is 1. The number of carbonyl (C=O) groups is 1. The zero-order chi connectivity index (χ0) is 13.4. The minimum atomic E-state index is -0.363. The normalized spacial score (nSPS) is 9.72. The molecule has 0 aliphatic heterocycles. The molecule has 1 aromatic rings. The van der Waals surface area contributed by atoms with Crippen molar-refractivity contribution in [2.45, 2.75) is 6.42 Å². The third kappa shape index (κ3) is 4.14. The molecule has 1 rings (SSSR count). The first-order valence-corrected chi connectivity index (χ1v) is 5.49. The topological polar surface area (TPSA) is 68.8 Å². The highest BCUT2D eigenvalue weighted by atomic mass is 16.6. The highest BCUT2D eigenvalue weighted by Crippen LogP contribution is 2.27. The van der Waals surface area contributed by atoms with E-state index in [0.717, 1.165) is 5.56 Å². The Hall–Kier alpha value is -1.95. The van der Waals surface area contributed by atoms with Crippen molar-refractivity contribution < 1.29 is 19.1 Å². The van der Waals surface area contributed by atoms with Crippen LogP contribution in [0.5, 0.6) is 11.5 Å². The molecule has 1 aromatic carbocycles. The largest absolute Gasteiger partial charge is 0.493 e. The Morgan fingerprint density at radius 3 is 2.50 bits per heavy atom. The summed E-state index contributed by atoms with van der Waals surface area (Å²) < 4.78 is 10.3. The third-order valence-corrected chi connectivity index (χ3v) is 2.34. The van der Waals surface area contributed by atoms with Crippen molar-refractivity contribution >= 4 is 6.03 Å². The van der Waals surface area contributed by atoms with Crippen molar-refractivity contribution in [1.82, 2.24) is 10.8 Å². The molecule has 0 aliphatic rings. The molecule has 0 spiro atoms. The van der Waals surface area contributed by atoms with Crippen molar-refractivity contribution in [1.29, 1.82) is 0 Å². The second-order valence-electron chi connectivity index (χ2n) is 3.50. The lowest BCUT2D eigenvalue weighted by Gasteiger charge is -2.10. The van der Waals surface area contributed by atoms with Crippen LogP contribution in [0.2, 0.25) is 0 Å². The summed E-state index contributed by atoms with van der Waals surface area (Å²) >= 11 is 0. The van der Waals surface area contributed by atoms with E-state index in [4.69, 9.17) is 9.47 Å². The lowest BCUT2D eigenvalue weighted by Crippen LogP contribution is -2.35. The molecule has 0 unspecified atom stereocenters. The Morgan fingerprint density at radius 1 is 1.17 bits per heavy atom. The molecule has 2 N–H and O–H groups in total. The van der Waals surface area contributed by atoms with E-state index in [1.54, 1.807) is 14.2 Å². The molecule has 0 radical (unpaired) electrons. The smallest absolute Gasteiger partial charge is 0.338 e. The summed E-state index contributed by atoms with van der Waals surface area (Å²) in [5, 5.41) is 2.65. The van der Waals surface area contributed by atoms with E-state index in [0.29, 0.717) is 24.5 Å². The van der Waals surface area contributed by atoms with Gasteiger partial charge in [-0.15, -0.1) is 0 Å². The van der Waals surface area contributed by atoms with E-state index >= 15 is 0 Å². The van der Waals surface area contributed by atoms with Crippen LogP contribution in [0.1, 0.15) is 5.56 Å². The monoisotopic (exact) mass is 254 g/mol. The van der Waals surface area contributed by atoms with Gasteiger partial charge in [0.15, 0.2) is 11.5 Å². The van der Waals surface area contributed by atoms with Gasteiger partial charge in [0.1, 0.15) is 0 Å². The summed E-state index contributed by atoms with van der Waals surface area (Å²) in [6.07, 6.45) is 0.692. The third-order valence-electron chi connectivity index (χ3n) is 2.34. The van der Waals surface area contributed by atoms with Crippen molar-refractivity contribution in [3.8, 4) is 11.5 Å². The molecule has 2 amide bonds. The van der Waals surface area contributed by atoms with Crippen LogP contribution in [0.3, 0.4) is 0 Å². The van der Waals surface area contributed by atoms with Crippen molar-refractivity contribution in [3.63, 3.8) is 0 Å². The van der Waals surface area contributed by atoms with Crippen LogP contribution in [-0.4, -0.2) is 33.9 Å². The Morgan fingerprint density at radius 2 is 1.89 bits per heavy atom. The number of amides is 2. The van der Waals surface area contributed by atoms with E-state index in [-0.39, 0.29) is 6.03 Å². The first-order chi connectivity index (χ1) is 8.71. The Bertz CT molecular complexity index is 396. The molecule has 0 aromatic heterocycles. The lowest BCUT2D eigenvalue weighted by atomic mass is 10.1. The highest BCUT2D eigenvalue weighted by Gasteiger charge is 2.05. The maximum absolute atomic E-state index is 11.1. The first-order valence-electron chi connectivity index (χ1n) is 5.49. The second kappa shape index (κ2) is 7.39. The summed E-state index contributed by atoms with van der Waals surface area (Å²) in [5.41, 5.74) is 3.22. The molecule has 0 heterocycles. The Labute approximate surface area is 106 Å². The predicted octanol–water partition coefficient (Wildman–Crippen LogP) is 1.11. The molecular weight excluding hydrogens is 236 g/mol. The molecule has 0 atom stereocenters. The Balaban J connectivity index is 2.50. The van der Waals surface area contributed by atoms with Crippen LogP contribution in [0.15, 0.2) is 18.2 Å². The molecular formula is C12H18N2O4. The summed E-state index contributed by atoms with van der Waals surface area (Å²) in [7, 11) is 4.56. The van der Waals surface area contributed by atoms with Crippen molar-refractivity contribution in [3.05, 3.63) is 23.8 Å². The van der Waals surface area contributed by atoms with Gasteiger partial charge >= 0.3 is 6.03 Å². The maximum Gasteiger partial charge on any atom is 0.338 e. The number of carbonyl (C=O) groups excluding carboxylic acids is 1. The average molecular weight is 254 g/mol. The van der Waals surface area contributed by atoms with Gasteiger partial charge in [0.2, 0.25) is 0 Å². The second-order valence-corrected chi connectivity index (χ2v) is 3.50. The molecule has 6 nitrogen and oxygen atoms in total. The van der Waals surface area contributed by atoms with Crippen LogP contribution in [0.4, 0.5) is 4.79 Å². The first kappa shape index (κ1) is 14.1. The fourth-order valence-electron chi connectivity index (χ4n) is 1.49. The SMILES string of the molecule is CONC(=O)NCCc1ccc(OC)c(OC)c1. The van der Waals surface area contributed by atoms with Gasteiger partial charge in [-0.3, -0.25) is 4.84 Å². The summed E-state index contributed by atoms with van der Waals surface area (Å²) in [5.74, 6) is 1.36. The molecule has 0 saturated carbocycles. The number of hydrogen-bond donors (Lipinski definition) is 2. The van der Waals surface area contributed by atoms with Gasteiger partial charge in [-0.05, 0) is 24.1 Å². The fourth-order valence-corrected chi connectivity index (χ4v) is 1.49. The molecule has 0 saturated heterocycles. The molecule has 6 heteroatoms. The zero-order valence-electron chi connectivity index (χ0n) is 10.8. The van der Waals surface area contributed by atoms with Crippen LogP contribution >= 0.6 is 0 Å². The van der Waals surface area contributed by atoms with Gasteiger partial charge in [0.05, 0.1) is 21.3 Å². The molecule has 0 bridgehead atoms. The van der Waals surface area contributed by atoms with Crippen LogP contribution in [0, 0.1) is 0 Å². The van der Waals surface area contributed by atoms with Gasteiger partial charge in [-0.25, -0.2) is 10.3 Å². The lowest BCUT2D eigenvalue weighted by molar-refractivity contribution is 0.107. The minimum absolute atomic E-state index is 0.363. The summed E-state index contributed by atoms with van der Waals surface area (Å²) in [6.45, 7) is 0.505.